The highest BCUT2D eigenvalue weighted by Crippen LogP contribution is 2.19. The molecule has 21 heavy (non-hydrogen) atoms. The molecule has 1 aliphatic rings. The van der Waals surface area contributed by atoms with Crippen LogP contribution < -0.4 is 4.74 Å². The molecule has 116 valence electrons. The van der Waals surface area contributed by atoms with Gasteiger partial charge in [-0.1, -0.05) is 37.8 Å². The van der Waals surface area contributed by atoms with Crippen molar-refractivity contribution in [3.63, 3.8) is 0 Å². The van der Waals surface area contributed by atoms with E-state index in [9.17, 15) is 4.79 Å². The topological polar surface area (TPSA) is 55.8 Å². The Balaban J connectivity index is 1.64. The van der Waals surface area contributed by atoms with E-state index in [1.807, 2.05) is 12.1 Å². The molecule has 0 radical (unpaired) electrons. The lowest BCUT2D eigenvalue weighted by atomic mass is 10.1. The average molecular weight is 292 g/mol. The first-order chi connectivity index (χ1) is 10.2. The van der Waals surface area contributed by atoms with Gasteiger partial charge in [-0.05, 0) is 30.5 Å². The second-order valence-electron chi connectivity index (χ2n) is 5.55. The summed E-state index contributed by atoms with van der Waals surface area (Å²) in [7, 11) is 0. The maximum atomic E-state index is 10.6. The highest BCUT2D eigenvalue weighted by molar-refractivity contribution is 5.70. The molecule has 0 unspecified atom stereocenters. The number of carboxylic acids is 1. The fourth-order valence-corrected chi connectivity index (χ4v) is 2.66. The normalized spacial score (nSPS) is 16.4. The van der Waals surface area contributed by atoms with Crippen LogP contribution in [0.4, 0.5) is 0 Å². The molecule has 1 fully saturated rings. The fraction of sp³-hybridized carbons (Fsp3) is 0.588. The summed E-state index contributed by atoms with van der Waals surface area (Å²) in [6.45, 7) is 1.15. The SMILES string of the molecule is O=C(O)Cc1ccc(OCCOC2CCCCCC2)cc1. The third-order valence-corrected chi connectivity index (χ3v) is 3.79. The molecular formula is C17H24O4. The van der Waals surface area contributed by atoms with E-state index < -0.39 is 5.97 Å². The molecule has 0 amide bonds. The van der Waals surface area contributed by atoms with Crippen LogP contribution in [0.5, 0.6) is 5.75 Å². The van der Waals surface area contributed by atoms with Crippen LogP contribution in [-0.2, 0) is 16.0 Å². The van der Waals surface area contributed by atoms with E-state index in [0.29, 0.717) is 19.3 Å². The van der Waals surface area contributed by atoms with Crippen LogP contribution in [0.15, 0.2) is 24.3 Å². The van der Waals surface area contributed by atoms with Gasteiger partial charge in [-0.3, -0.25) is 4.79 Å². The van der Waals surface area contributed by atoms with Crippen LogP contribution in [0.3, 0.4) is 0 Å². The largest absolute Gasteiger partial charge is 0.491 e. The zero-order valence-electron chi connectivity index (χ0n) is 12.4. The molecule has 0 atom stereocenters. The molecule has 0 aromatic heterocycles. The molecule has 0 aliphatic heterocycles. The van der Waals surface area contributed by atoms with Gasteiger partial charge in [0.1, 0.15) is 12.4 Å². The second kappa shape index (κ2) is 8.67. The Labute approximate surface area is 126 Å². The zero-order chi connectivity index (χ0) is 14.9. The Kier molecular flexibility index (Phi) is 6.54. The van der Waals surface area contributed by atoms with Crippen LogP contribution in [0, 0.1) is 0 Å². The van der Waals surface area contributed by atoms with Gasteiger partial charge in [0, 0.05) is 0 Å². The number of hydrogen-bond acceptors (Lipinski definition) is 3. The molecule has 0 saturated heterocycles. The van der Waals surface area contributed by atoms with Crippen LogP contribution in [0.1, 0.15) is 44.1 Å². The molecule has 0 heterocycles. The maximum Gasteiger partial charge on any atom is 0.307 e. The molecule has 4 heteroatoms. The summed E-state index contributed by atoms with van der Waals surface area (Å²) >= 11 is 0. The Bertz CT molecular complexity index is 419. The lowest BCUT2D eigenvalue weighted by Crippen LogP contribution is -2.16. The molecule has 2 rings (SSSR count). The van der Waals surface area contributed by atoms with Crippen molar-refractivity contribution in [3.05, 3.63) is 29.8 Å². The molecule has 1 N–H and O–H groups in total. The highest BCUT2D eigenvalue weighted by atomic mass is 16.5. The summed E-state index contributed by atoms with van der Waals surface area (Å²) in [4.78, 5) is 10.6. The third kappa shape index (κ3) is 6.17. The summed E-state index contributed by atoms with van der Waals surface area (Å²) in [5, 5.41) is 8.71. The number of aliphatic carboxylic acids is 1. The van der Waals surface area contributed by atoms with Gasteiger partial charge in [0.05, 0.1) is 19.1 Å². The summed E-state index contributed by atoms with van der Waals surface area (Å²) in [6, 6.07) is 7.19. The average Bonchev–Trinajstić information content (AvgIpc) is 2.73. The van der Waals surface area contributed by atoms with Gasteiger partial charge in [0.2, 0.25) is 0 Å². The van der Waals surface area contributed by atoms with E-state index in [1.165, 1.54) is 38.5 Å². The first kappa shape index (κ1) is 15.8. The summed E-state index contributed by atoms with van der Waals surface area (Å²) in [6.07, 6.45) is 8.00. The molecule has 1 saturated carbocycles. The predicted molar refractivity (Wildman–Crippen MR) is 80.7 cm³/mol. The minimum Gasteiger partial charge on any atom is -0.491 e. The zero-order valence-corrected chi connectivity index (χ0v) is 12.4. The summed E-state index contributed by atoms with van der Waals surface area (Å²) in [5.41, 5.74) is 0.782. The first-order valence-electron chi connectivity index (χ1n) is 7.79. The van der Waals surface area contributed by atoms with E-state index in [1.54, 1.807) is 12.1 Å². The van der Waals surface area contributed by atoms with Crippen molar-refractivity contribution >= 4 is 5.97 Å². The van der Waals surface area contributed by atoms with Crippen LogP contribution >= 0.6 is 0 Å². The van der Waals surface area contributed by atoms with Crippen molar-refractivity contribution < 1.29 is 19.4 Å². The Morgan fingerprint density at radius 1 is 1.05 bits per heavy atom. The fourth-order valence-electron chi connectivity index (χ4n) is 2.66. The Morgan fingerprint density at radius 2 is 1.71 bits per heavy atom. The Hall–Kier alpha value is -1.55. The minimum atomic E-state index is -0.819. The van der Waals surface area contributed by atoms with Crippen molar-refractivity contribution in [1.82, 2.24) is 0 Å². The molecule has 0 bridgehead atoms. The van der Waals surface area contributed by atoms with Gasteiger partial charge in [-0.25, -0.2) is 0 Å². The maximum absolute atomic E-state index is 10.6. The smallest absolute Gasteiger partial charge is 0.307 e. The first-order valence-corrected chi connectivity index (χ1v) is 7.79. The molecular weight excluding hydrogens is 268 g/mol. The van der Waals surface area contributed by atoms with Gasteiger partial charge in [-0.2, -0.15) is 0 Å². The molecule has 1 aromatic carbocycles. The lowest BCUT2D eigenvalue weighted by Gasteiger charge is -2.15. The number of rotatable bonds is 7. The van der Waals surface area contributed by atoms with Gasteiger partial charge >= 0.3 is 5.97 Å². The molecule has 1 aromatic rings. The number of benzene rings is 1. The predicted octanol–water partition coefficient (Wildman–Crippen LogP) is 3.43. The van der Waals surface area contributed by atoms with E-state index in [4.69, 9.17) is 14.6 Å². The third-order valence-electron chi connectivity index (χ3n) is 3.79. The Morgan fingerprint density at radius 3 is 2.33 bits per heavy atom. The molecule has 0 spiro atoms. The lowest BCUT2D eigenvalue weighted by molar-refractivity contribution is -0.136. The van der Waals surface area contributed by atoms with Gasteiger partial charge in [0.25, 0.3) is 0 Å². The summed E-state index contributed by atoms with van der Waals surface area (Å²) < 4.78 is 11.5. The van der Waals surface area contributed by atoms with Gasteiger partial charge in [0.15, 0.2) is 0 Å². The van der Waals surface area contributed by atoms with E-state index in [0.717, 1.165) is 11.3 Å². The van der Waals surface area contributed by atoms with Crippen molar-refractivity contribution in [3.8, 4) is 5.75 Å². The number of ether oxygens (including phenoxy) is 2. The highest BCUT2D eigenvalue weighted by Gasteiger charge is 2.12. The van der Waals surface area contributed by atoms with E-state index >= 15 is 0 Å². The molecule has 1 aliphatic carbocycles. The quantitative estimate of drug-likeness (QED) is 0.618. The van der Waals surface area contributed by atoms with E-state index in [2.05, 4.69) is 0 Å². The van der Waals surface area contributed by atoms with Gasteiger partial charge < -0.3 is 14.6 Å². The van der Waals surface area contributed by atoms with Crippen LogP contribution in [0.25, 0.3) is 0 Å². The second-order valence-corrected chi connectivity index (χ2v) is 5.55. The van der Waals surface area contributed by atoms with Gasteiger partial charge in [-0.15, -0.1) is 0 Å². The number of hydrogen-bond donors (Lipinski definition) is 1. The van der Waals surface area contributed by atoms with Crippen molar-refractivity contribution in [2.45, 2.75) is 51.0 Å². The molecule has 4 nitrogen and oxygen atoms in total. The summed E-state index contributed by atoms with van der Waals surface area (Å²) in [5.74, 6) is -0.0610. The van der Waals surface area contributed by atoms with Crippen LogP contribution in [0.2, 0.25) is 0 Å². The van der Waals surface area contributed by atoms with Crippen LogP contribution in [-0.4, -0.2) is 30.4 Å². The van der Waals surface area contributed by atoms with Crippen molar-refractivity contribution in [2.75, 3.05) is 13.2 Å². The van der Waals surface area contributed by atoms with Crippen molar-refractivity contribution in [2.24, 2.45) is 0 Å². The van der Waals surface area contributed by atoms with Crippen molar-refractivity contribution in [1.29, 1.82) is 0 Å². The minimum absolute atomic E-state index is 0.0467. The monoisotopic (exact) mass is 292 g/mol. The number of carbonyl (C=O) groups is 1. The number of carboxylic acid groups (broad SMARTS) is 1. The standard InChI is InChI=1S/C17H24O4/c18-17(19)13-14-7-9-16(10-8-14)21-12-11-20-15-5-3-1-2-4-6-15/h7-10,15H,1-6,11-13H2,(H,18,19). The van der Waals surface area contributed by atoms with E-state index in [-0.39, 0.29) is 6.42 Å².